The van der Waals surface area contributed by atoms with E-state index in [-0.39, 0.29) is 23.8 Å². The number of aromatic hydroxyl groups is 1. The molecule has 2 unspecified atom stereocenters. The van der Waals surface area contributed by atoms with E-state index in [9.17, 15) is 9.90 Å². The number of ether oxygens (including phenoxy) is 1. The molecule has 0 bridgehead atoms. The van der Waals surface area contributed by atoms with Crippen LogP contribution in [0.1, 0.15) is 29.6 Å². The summed E-state index contributed by atoms with van der Waals surface area (Å²) in [6.45, 7) is 0.738. The molecule has 1 heterocycles. The van der Waals surface area contributed by atoms with E-state index in [2.05, 4.69) is 5.32 Å². The van der Waals surface area contributed by atoms with Gasteiger partial charge in [0.2, 0.25) is 0 Å². The zero-order valence-corrected chi connectivity index (χ0v) is 10.1. The van der Waals surface area contributed by atoms with E-state index in [4.69, 9.17) is 4.74 Å². The Bertz CT molecular complexity index is 439. The Labute approximate surface area is 106 Å². The Kier molecular flexibility index (Phi) is 2.96. The highest BCUT2D eigenvalue weighted by atomic mass is 16.5. The van der Waals surface area contributed by atoms with Crippen LogP contribution >= 0.6 is 0 Å². The van der Waals surface area contributed by atoms with Crippen LogP contribution in [-0.2, 0) is 4.74 Å². The Morgan fingerprint density at radius 1 is 1.22 bits per heavy atom. The van der Waals surface area contributed by atoms with Gasteiger partial charge in [0.05, 0.1) is 12.1 Å². The smallest absolute Gasteiger partial charge is 0.251 e. The van der Waals surface area contributed by atoms with Crippen LogP contribution in [0, 0.1) is 5.92 Å². The first kappa shape index (κ1) is 11.5. The van der Waals surface area contributed by atoms with Gasteiger partial charge in [0, 0.05) is 12.2 Å². The Balaban J connectivity index is 1.64. The number of hydrogen-bond donors (Lipinski definition) is 2. The van der Waals surface area contributed by atoms with Gasteiger partial charge < -0.3 is 15.2 Å². The third-order valence-electron chi connectivity index (χ3n) is 3.67. The molecule has 1 saturated carbocycles. The van der Waals surface area contributed by atoms with Gasteiger partial charge in [-0.25, -0.2) is 0 Å². The molecule has 2 N–H and O–H groups in total. The van der Waals surface area contributed by atoms with Crippen LogP contribution in [0.5, 0.6) is 5.75 Å². The number of carbonyl (C=O) groups excluding carboxylic acids is 1. The summed E-state index contributed by atoms with van der Waals surface area (Å²) in [5.74, 6) is 0.723. The molecule has 2 fully saturated rings. The Hall–Kier alpha value is -1.55. The van der Waals surface area contributed by atoms with E-state index in [1.54, 1.807) is 12.1 Å². The zero-order valence-electron chi connectivity index (χ0n) is 10.1. The number of hydrogen-bond acceptors (Lipinski definition) is 3. The minimum atomic E-state index is -0.0869. The fraction of sp³-hybridized carbons (Fsp3) is 0.500. The van der Waals surface area contributed by atoms with Gasteiger partial charge in [0.25, 0.3) is 5.91 Å². The highest BCUT2D eigenvalue weighted by Crippen LogP contribution is 2.38. The number of phenols is 1. The third-order valence-corrected chi connectivity index (χ3v) is 3.67. The van der Waals surface area contributed by atoms with E-state index >= 15 is 0 Å². The number of benzene rings is 1. The monoisotopic (exact) mass is 247 g/mol. The van der Waals surface area contributed by atoms with Crippen molar-refractivity contribution in [1.82, 2.24) is 5.32 Å². The minimum absolute atomic E-state index is 0.0869. The predicted molar refractivity (Wildman–Crippen MR) is 66.4 cm³/mol. The van der Waals surface area contributed by atoms with Gasteiger partial charge in [-0.05, 0) is 49.4 Å². The molecule has 96 valence electrons. The van der Waals surface area contributed by atoms with Gasteiger partial charge in [-0.2, -0.15) is 0 Å². The SMILES string of the molecule is O=C(NC1CCOC1C1CC1)c1ccc(O)cc1. The van der Waals surface area contributed by atoms with Gasteiger partial charge in [-0.1, -0.05) is 0 Å². The average Bonchev–Trinajstić information content (AvgIpc) is 3.11. The van der Waals surface area contributed by atoms with Crippen molar-refractivity contribution in [1.29, 1.82) is 0 Å². The first-order valence-electron chi connectivity index (χ1n) is 6.45. The number of phenolic OH excluding ortho intramolecular Hbond substituents is 1. The topological polar surface area (TPSA) is 58.6 Å². The number of carbonyl (C=O) groups is 1. The predicted octanol–water partition coefficient (Wildman–Crippen LogP) is 1.69. The minimum Gasteiger partial charge on any atom is -0.508 e. The molecule has 4 nitrogen and oxygen atoms in total. The van der Waals surface area contributed by atoms with E-state index in [0.717, 1.165) is 13.0 Å². The van der Waals surface area contributed by atoms with Crippen molar-refractivity contribution in [3.63, 3.8) is 0 Å². The lowest BCUT2D eigenvalue weighted by atomic mass is 10.1. The normalized spacial score (nSPS) is 27.1. The Morgan fingerprint density at radius 3 is 2.61 bits per heavy atom. The lowest BCUT2D eigenvalue weighted by Crippen LogP contribution is -2.41. The van der Waals surface area contributed by atoms with Crippen LogP contribution in [0.4, 0.5) is 0 Å². The second-order valence-electron chi connectivity index (χ2n) is 5.09. The quantitative estimate of drug-likeness (QED) is 0.854. The number of rotatable bonds is 3. The maximum Gasteiger partial charge on any atom is 0.251 e. The average molecular weight is 247 g/mol. The summed E-state index contributed by atoms with van der Waals surface area (Å²) in [5.41, 5.74) is 0.578. The maximum atomic E-state index is 12.1. The van der Waals surface area contributed by atoms with E-state index in [1.165, 1.54) is 25.0 Å². The van der Waals surface area contributed by atoms with Crippen molar-refractivity contribution in [3.8, 4) is 5.75 Å². The van der Waals surface area contributed by atoms with E-state index in [0.29, 0.717) is 11.5 Å². The highest BCUT2D eigenvalue weighted by Gasteiger charge is 2.41. The molecule has 3 rings (SSSR count). The van der Waals surface area contributed by atoms with Gasteiger partial charge in [-0.15, -0.1) is 0 Å². The van der Waals surface area contributed by atoms with Crippen LogP contribution in [0.25, 0.3) is 0 Å². The third kappa shape index (κ3) is 2.34. The summed E-state index contributed by atoms with van der Waals surface area (Å²) in [4.78, 5) is 12.1. The molecular formula is C14H17NO3. The molecule has 18 heavy (non-hydrogen) atoms. The van der Waals surface area contributed by atoms with Crippen LogP contribution in [0.3, 0.4) is 0 Å². The van der Waals surface area contributed by atoms with Crippen molar-refractivity contribution in [3.05, 3.63) is 29.8 Å². The molecule has 1 aliphatic carbocycles. The van der Waals surface area contributed by atoms with Crippen molar-refractivity contribution in [2.45, 2.75) is 31.4 Å². The first-order valence-corrected chi connectivity index (χ1v) is 6.45. The maximum absolute atomic E-state index is 12.1. The molecule has 1 amide bonds. The van der Waals surface area contributed by atoms with Crippen LogP contribution in [-0.4, -0.2) is 29.8 Å². The van der Waals surface area contributed by atoms with E-state index in [1.807, 2.05) is 0 Å². The van der Waals surface area contributed by atoms with Crippen molar-refractivity contribution < 1.29 is 14.6 Å². The summed E-state index contributed by atoms with van der Waals surface area (Å²) >= 11 is 0. The zero-order chi connectivity index (χ0) is 12.5. The molecule has 4 heteroatoms. The van der Waals surface area contributed by atoms with Gasteiger partial charge in [-0.3, -0.25) is 4.79 Å². The summed E-state index contributed by atoms with van der Waals surface area (Å²) < 4.78 is 5.69. The molecule has 0 spiro atoms. The standard InChI is InChI=1S/C14H17NO3/c16-11-5-3-10(4-6-11)14(17)15-12-7-8-18-13(12)9-1-2-9/h3-6,9,12-13,16H,1-2,7-8H2,(H,15,17). The largest absolute Gasteiger partial charge is 0.508 e. The summed E-state index contributed by atoms with van der Waals surface area (Å²) in [6, 6.07) is 6.45. The summed E-state index contributed by atoms with van der Waals surface area (Å²) in [5, 5.41) is 12.2. The van der Waals surface area contributed by atoms with Crippen molar-refractivity contribution in [2.75, 3.05) is 6.61 Å². The van der Waals surface area contributed by atoms with Crippen LogP contribution in [0.2, 0.25) is 0 Å². The number of nitrogens with one attached hydrogen (secondary N) is 1. The highest BCUT2D eigenvalue weighted by molar-refractivity contribution is 5.94. The van der Waals surface area contributed by atoms with Crippen molar-refractivity contribution in [2.24, 2.45) is 5.92 Å². The molecule has 1 aromatic carbocycles. The summed E-state index contributed by atoms with van der Waals surface area (Å²) in [7, 11) is 0. The first-order chi connectivity index (χ1) is 8.74. The van der Waals surface area contributed by atoms with Crippen LogP contribution in [0.15, 0.2) is 24.3 Å². The molecule has 0 aromatic heterocycles. The molecular weight excluding hydrogens is 230 g/mol. The summed E-state index contributed by atoms with van der Waals surface area (Å²) in [6.07, 6.45) is 3.53. The molecule has 2 atom stereocenters. The lowest BCUT2D eigenvalue weighted by Gasteiger charge is -2.19. The van der Waals surface area contributed by atoms with E-state index < -0.39 is 0 Å². The molecule has 1 saturated heterocycles. The molecule has 1 aliphatic heterocycles. The van der Waals surface area contributed by atoms with Crippen molar-refractivity contribution >= 4 is 5.91 Å². The fourth-order valence-electron chi connectivity index (χ4n) is 2.52. The molecule has 2 aliphatic rings. The second-order valence-corrected chi connectivity index (χ2v) is 5.09. The number of amides is 1. The van der Waals surface area contributed by atoms with Gasteiger partial charge in [0.15, 0.2) is 0 Å². The Morgan fingerprint density at radius 2 is 1.94 bits per heavy atom. The van der Waals surface area contributed by atoms with Crippen LogP contribution < -0.4 is 5.32 Å². The molecule has 1 aromatic rings. The van der Waals surface area contributed by atoms with Gasteiger partial charge in [0.1, 0.15) is 5.75 Å². The van der Waals surface area contributed by atoms with Gasteiger partial charge >= 0.3 is 0 Å². The molecule has 0 radical (unpaired) electrons. The second kappa shape index (κ2) is 4.61. The fourth-order valence-corrected chi connectivity index (χ4v) is 2.52. The lowest BCUT2D eigenvalue weighted by molar-refractivity contribution is 0.0729.